The Morgan fingerprint density at radius 1 is 1.47 bits per heavy atom. The maximum absolute atomic E-state index is 11.8. The van der Waals surface area contributed by atoms with Crippen LogP contribution in [-0.2, 0) is 11.3 Å². The molecule has 1 rings (SSSR count). The molecule has 1 amide bonds. The Bertz CT molecular complexity index is 435. The topological polar surface area (TPSA) is 64.3 Å². The molecule has 0 saturated carbocycles. The van der Waals surface area contributed by atoms with E-state index >= 15 is 0 Å². The van der Waals surface area contributed by atoms with Crippen LogP contribution in [0.25, 0.3) is 0 Å². The molecule has 4 nitrogen and oxygen atoms in total. The number of nitrogens with two attached hydrogens (primary N) is 1. The lowest BCUT2D eigenvalue weighted by Crippen LogP contribution is -2.41. The Kier molecular flexibility index (Phi) is 6.12. The highest BCUT2D eigenvalue weighted by Crippen LogP contribution is 2.25. The van der Waals surface area contributed by atoms with E-state index in [1.807, 2.05) is 13.8 Å². The second kappa shape index (κ2) is 7.36. The van der Waals surface area contributed by atoms with Gasteiger partial charge in [0.25, 0.3) is 0 Å². The van der Waals surface area contributed by atoms with E-state index in [1.54, 1.807) is 25.3 Å². The van der Waals surface area contributed by atoms with E-state index in [0.717, 1.165) is 5.56 Å². The number of benzene rings is 1. The molecule has 19 heavy (non-hydrogen) atoms. The van der Waals surface area contributed by atoms with Gasteiger partial charge >= 0.3 is 0 Å². The summed E-state index contributed by atoms with van der Waals surface area (Å²) in [6.07, 6.45) is 0.658. The van der Waals surface area contributed by atoms with Crippen LogP contribution in [0.4, 0.5) is 0 Å². The highest BCUT2D eigenvalue weighted by atomic mass is 35.5. The van der Waals surface area contributed by atoms with Gasteiger partial charge in [-0.15, -0.1) is 0 Å². The molecule has 0 aliphatic rings. The zero-order chi connectivity index (χ0) is 14.4. The number of methoxy groups -OCH3 is 1. The number of ether oxygens (including phenoxy) is 1. The minimum atomic E-state index is -0.492. The summed E-state index contributed by atoms with van der Waals surface area (Å²) < 4.78 is 5.22. The molecular weight excluding hydrogens is 264 g/mol. The average molecular weight is 285 g/mol. The molecule has 1 aromatic carbocycles. The van der Waals surface area contributed by atoms with Crippen LogP contribution in [0.1, 0.15) is 25.8 Å². The molecule has 3 N–H and O–H groups in total. The lowest BCUT2D eigenvalue weighted by atomic mass is 10.0. The third-order valence-electron chi connectivity index (χ3n) is 2.80. The third kappa shape index (κ3) is 4.73. The number of halogens is 1. The Hall–Kier alpha value is -1.26. The number of hydrogen-bond donors (Lipinski definition) is 2. The van der Waals surface area contributed by atoms with Crippen molar-refractivity contribution in [2.45, 2.75) is 32.9 Å². The van der Waals surface area contributed by atoms with Crippen molar-refractivity contribution in [3.63, 3.8) is 0 Å². The summed E-state index contributed by atoms with van der Waals surface area (Å²) in [6, 6.07) is 4.88. The van der Waals surface area contributed by atoms with E-state index in [9.17, 15) is 4.79 Å². The minimum absolute atomic E-state index is 0.171. The molecular formula is C14H21ClN2O2. The fraction of sp³-hybridized carbons (Fsp3) is 0.500. The summed E-state index contributed by atoms with van der Waals surface area (Å²) >= 11 is 6.09. The molecule has 0 aliphatic carbocycles. The standard InChI is InChI=1S/C14H21ClN2O2/c1-9(2)7-12(16)14(18)17-8-10-11(15)5-4-6-13(10)19-3/h4-6,9,12H,7-8,16H2,1-3H3,(H,17,18)/t12-/m0/s1. The molecule has 0 bridgehead atoms. The number of rotatable bonds is 6. The van der Waals surface area contributed by atoms with Crippen LogP contribution < -0.4 is 15.8 Å². The van der Waals surface area contributed by atoms with Gasteiger partial charge in [0.15, 0.2) is 0 Å². The summed E-state index contributed by atoms with van der Waals surface area (Å²) in [5, 5.41) is 3.36. The Morgan fingerprint density at radius 3 is 2.74 bits per heavy atom. The Labute approximate surface area is 119 Å². The first kappa shape index (κ1) is 15.8. The number of carbonyl (C=O) groups is 1. The molecule has 0 saturated heterocycles. The van der Waals surface area contributed by atoms with E-state index < -0.39 is 6.04 Å². The fourth-order valence-corrected chi connectivity index (χ4v) is 2.06. The van der Waals surface area contributed by atoms with Gasteiger partial charge < -0.3 is 15.8 Å². The van der Waals surface area contributed by atoms with Crippen molar-refractivity contribution in [2.75, 3.05) is 7.11 Å². The van der Waals surface area contributed by atoms with Crippen LogP contribution in [-0.4, -0.2) is 19.1 Å². The van der Waals surface area contributed by atoms with Gasteiger partial charge in [-0.25, -0.2) is 0 Å². The normalized spacial score (nSPS) is 12.3. The van der Waals surface area contributed by atoms with Crippen LogP contribution >= 0.6 is 11.6 Å². The van der Waals surface area contributed by atoms with Gasteiger partial charge in [0.2, 0.25) is 5.91 Å². The summed E-state index contributed by atoms with van der Waals surface area (Å²) in [4.78, 5) is 11.8. The van der Waals surface area contributed by atoms with Crippen molar-refractivity contribution in [3.05, 3.63) is 28.8 Å². The van der Waals surface area contributed by atoms with Gasteiger partial charge in [-0.1, -0.05) is 31.5 Å². The highest BCUT2D eigenvalue weighted by Gasteiger charge is 2.16. The van der Waals surface area contributed by atoms with Gasteiger partial charge in [-0.05, 0) is 24.5 Å². The highest BCUT2D eigenvalue weighted by molar-refractivity contribution is 6.31. The predicted molar refractivity (Wildman–Crippen MR) is 77.3 cm³/mol. The first-order valence-corrected chi connectivity index (χ1v) is 6.68. The molecule has 0 spiro atoms. The van der Waals surface area contributed by atoms with Gasteiger partial charge in [0.05, 0.1) is 13.2 Å². The molecule has 0 radical (unpaired) electrons. The maximum atomic E-state index is 11.8. The third-order valence-corrected chi connectivity index (χ3v) is 3.15. The molecule has 1 atom stereocenters. The summed E-state index contributed by atoms with van der Waals surface area (Å²) in [5.41, 5.74) is 6.58. The SMILES string of the molecule is COc1cccc(Cl)c1CNC(=O)[C@@H](N)CC(C)C. The lowest BCUT2D eigenvalue weighted by molar-refractivity contribution is -0.122. The first-order chi connectivity index (χ1) is 8.95. The van der Waals surface area contributed by atoms with E-state index in [2.05, 4.69) is 5.32 Å². The number of nitrogens with one attached hydrogen (secondary N) is 1. The largest absolute Gasteiger partial charge is 0.496 e. The number of amides is 1. The molecule has 0 aliphatic heterocycles. The molecule has 106 valence electrons. The zero-order valence-electron chi connectivity index (χ0n) is 11.6. The zero-order valence-corrected chi connectivity index (χ0v) is 12.3. The van der Waals surface area contributed by atoms with Crippen molar-refractivity contribution >= 4 is 17.5 Å². The quantitative estimate of drug-likeness (QED) is 0.843. The lowest BCUT2D eigenvalue weighted by Gasteiger charge is -2.15. The summed E-state index contributed by atoms with van der Waals surface area (Å²) in [7, 11) is 1.57. The van der Waals surface area contributed by atoms with Crippen molar-refractivity contribution in [1.29, 1.82) is 0 Å². The van der Waals surface area contributed by atoms with Gasteiger partial charge in [0, 0.05) is 17.1 Å². The van der Waals surface area contributed by atoms with Crippen molar-refractivity contribution < 1.29 is 9.53 Å². The first-order valence-electron chi connectivity index (χ1n) is 6.30. The van der Waals surface area contributed by atoms with E-state index in [1.165, 1.54) is 0 Å². The second-order valence-electron chi connectivity index (χ2n) is 4.87. The van der Waals surface area contributed by atoms with Crippen molar-refractivity contribution in [2.24, 2.45) is 11.7 Å². The Balaban J connectivity index is 2.64. The molecule has 0 fully saturated rings. The van der Waals surface area contributed by atoms with Gasteiger partial charge in [0.1, 0.15) is 5.75 Å². The molecule has 1 aromatic rings. The Morgan fingerprint density at radius 2 is 2.16 bits per heavy atom. The van der Waals surface area contributed by atoms with Crippen LogP contribution in [0, 0.1) is 5.92 Å². The second-order valence-corrected chi connectivity index (χ2v) is 5.28. The van der Waals surface area contributed by atoms with Gasteiger partial charge in [-0.2, -0.15) is 0 Å². The van der Waals surface area contributed by atoms with Crippen LogP contribution in [0.5, 0.6) is 5.75 Å². The van der Waals surface area contributed by atoms with Crippen molar-refractivity contribution in [3.8, 4) is 5.75 Å². The van der Waals surface area contributed by atoms with Crippen LogP contribution in [0.2, 0.25) is 5.02 Å². The van der Waals surface area contributed by atoms with Crippen LogP contribution in [0.3, 0.4) is 0 Å². The molecule has 0 unspecified atom stereocenters. The minimum Gasteiger partial charge on any atom is -0.496 e. The van der Waals surface area contributed by atoms with Crippen molar-refractivity contribution in [1.82, 2.24) is 5.32 Å². The van der Waals surface area contributed by atoms with E-state index in [-0.39, 0.29) is 5.91 Å². The monoisotopic (exact) mass is 284 g/mol. The van der Waals surface area contributed by atoms with Crippen LogP contribution in [0.15, 0.2) is 18.2 Å². The van der Waals surface area contributed by atoms with E-state index in [4.69, 9.17) is 22.1 Å². The smallest absolute Gasteiger partial charge is 0.237 e. The fourth-order valence-electron chi connectivity index (χ4n) is 1.82. The van der Waals surface area contributed by atoms with Gasteiger partial charge in [-0.3, -0.25) is 4.79 Å². The molecule has 0 aromatic heterocycles. The predicted octanol–water partition coefficient (Wildman–Crippen LogP) is 2.34. The summed E-state index contributed by atoms with van der Waals surface area (Å²) in [5.74, 6) is 0.872. The molecule has 0 heterocycles. The average Bonchev–Trinajstić information content (AvgIpc) is 2.35. The van der Waals surface area contributed by atoms with E-state index in [0.29, 0.717) is 29.7 Å². The number of carbonyl (C=O) groups excluding carboxylic acids is 1. The summed E-state index contributed by atoms with van der Waals surface area (Å²) in [6.45, 7) is 4.38. The molecule has 5 heteroatoms. The number of hydrogen-bond acceptors (Lipinski definition) is 3. The maximum Gasteiger partial charge on any atom is 0.237 e.